The summed E-state index contributed by atoms with van der Waals surface area (Å²) in [6.07, 6.45) is 1.98. The van der Waals surface area contributed by atoms with Crippen molar-refractivity contribution in [3.05, 3.63) is 72.3 Å². The fourth-order valence-electron chi connectivity index (χ4n) is 2.49. The van der Waals surface area contributed by atoms with Gasteiger partial charge in [-0.15, -0.1) is 0 Å². The fourth-order valence-corrected chi connectivity index (χ4v) is 2.49. The van der Waals surface area contributed by atoms with Gasteiger partial charge in [-0.2, -0.15) is 0 Å². The van der Waals surface area contributed by atoms with Crippen LogP contribution in [0.4, 0.5) is 0 Å². The first-order valence-electron chi connectivity index (χ1n) is 6.32. The number of rotatable bonds is 3. The van der Waals surface area contributed by atoms with Crippen LogP contribution in [0, 0.1) is 0 Å². The van der Waals surface area contributed by atoms with Crippen LogP contribution in [0.1, 0.15) is 20.7 Å². The van der Waals surface area contributed by atoms with Crippen molar-refractivity contribution in [2.45, 2.75) is 0 Å². The molecule has 3 rings (SSSR count). The molecule has 3 aromatic rings. The summed E-state index contributed by atoms with van der Waals surface area (Å²) in [6, 6.07) is 15.5. The van der Waals surface area contributed by atoms with E-state index in [0.717, 1.165) is 27.8 Å². The quantitative estimate of drug-likeness (QED) is 0.306. The standard InChI is InChI=1S/C18H12O2/c1-2-18(20)15-8-7-14-9-12-5-3-4-6-13(12)10-16(14)17(15)11-19/h2-11H,1H2. The Morgan fingerprint density at radius 1 is 0.950 bits per heavy atom. The number of aldehydes is 1. The lowest BCUT2D eigenvalue weighted by molar-refractivity contribution is 0.103. The number of fused-ring (bicyclic) bond motifs is 2. The van der Waals surface area contributed by atoms with E-state index >= 15 is 0 Å². The lowest BCUT2D eigenvalue weighted by Gasteiger charge is -2.08. The van der Waals surface area contributed by atoms with Crippen LogP contribution in [-0.2, 0) is 0 Å². The largest absolute Gasteiger partial charge is 0.298 e. The minimum Gasteiger partial charge on any atom is -0.298 e. The van der Waals surface area contributed by atoms with Gasteiger partial charge in [-0.1, -0.05) is 36.9 Å². The van der Waals surface area contributed by atoms with Crippen molar-refractivity contribution in [3.63, 3.8) is 0 Å². The van der Waals surface area contributed by atoms with Crippen LogP contribution in [0.2, 0.25) is 0 Å². The highest BCUT2D eigenvalue weighted by Crippen LogP contribution is 2.27. The summed E-state index contributed by atoms with van der Waals surface area (Å²) in [7, 11) is 0. The normalized spacial score (nSPS) is 10.6. The van der Waals surface area contributed by atoms with Crippen LogP contribution in [-0.4, -0.2) is 12.1 Å². The first kappa shape index (κ1) is 12.3. The third-order valence-electron chi connectivity index (χ3n) is 3.50. The Balaban J connectivity index is 2.43. The highest BCUT2D eigenvalue weighted by Gasteiger charge is 2.12. The van der Waals surface area contributed by atoms with Gasteiger partial charge in [0.1, 0.15) is 0 Å². The van der Waals surface area contributed by atoms with E-state index in [4.69, 9.17) is 0 Å². The van der Waals surface area contributed by atoms with Gasteiger partial charge in [-0.05, 0) is 45.8 Å². The Kier molecular flexibility index (Phi) is 2.92. The maximum absolute atomic E-state index is 11.8. The number of carbonyl (C=O) groups excluding carboxylic acids is 2. The molecule has 0 aliphatic carbocycles. The van der Waals surface area contributed by atoms with E-state index in [1.165, 1.54) is 6.08 Å². The van der Waals surface area contributed by atoms with E-state index in [2.05, 4.69) is 6.58 Å². The van der Waals surface area contributed by atoms with Crippen molar-refractivity contribution in [2.75, 3.05) is 0 Å². The highest BCUT2D eigenvalue weighted by molar-refractivity contribution is 6.15. The number of hydrogen-bond acceptors (Lipinski definition) is 2. The van der Waals surface area contributed by atoms with Gasteiger partial charge in [-0.25, -0.2) is 0 Å². The summed E-state index contributed by atoms with van der Waals surface area (Å²) >= 11 is 0. The van der Waals surface area contributed by atoms with Crippen LogP contribution < -0.4 is 0 Å². The summed E-state index contributed by atoms with van der Waals surface area (Å²) in [6.45, 7) is 3.48. The second-order valence-electron chi connectivity index (χ2n) is 4.63. The topological polar surface area (TPSA) is 34.1 Å². The van der Waals surface area contributed by atoms with Gasteiger partial charge < -0.3 is 0 Å². The Bertz CT molecular complexity index is 860. The molecular formula is C18H12O2. The maximum Gasteiger partial charge on any atom is 0.185 e. The molecule has 0 aliphatic rings. The Hall–Kier alpha value is -2.74. The van der Waals surface area contributed by atoms with Gasteiger partial charge in [0.15, 0.2) is 12.1 Å². The zero-order valence-corrected chi connectivity index (χ0v) is 10.8. The smallest absolute Gasteiger partial charge is 0.185 e. The molecular weight excluding hydrogens is 248 g/mol. The van der Waals surface area contributed by atoms with Crippen molar-refractivity contribution in [2.24, 2.45) is 0 Å². The Labute approximate surface area is 116 Å². The molecule has 0 unspecified atom stereocenters. The molecule has 0 bridgehead atoms. The summed E-state index contributed by atoms with van der Waals surface area (Å²) in [5, 5.41) is 3.91. The van der Waals surface area contributed by atoms with Crippen LogP contribution in [0.5, 0.6) is 0 Å². The van der Waals surface area contributed by atoms with Gasteiger partial charge in [0.25, 0.3) is 0 Å². The van der Waals surface area contributed by atoms with Crippen molar-refractivity contribution >= 4 is 33.6 Å². The third-order valence-corrected chi connectivity index (χ3v) is 3.50. The van der Waals surface area contributed by atoms with Gasteiger partial charge >= 0.3 is 0 Å². The van der Waals surface area contributed by atoms with Crippen LogP contribution in [0.15, 0.2) is 61.2 Å². The lowest BCUT2D eigenvalue weighted by Crippen LogP contribution is -2.00. The minimum atomic E-state index is -0.234. The fraction of sp³-hybridized carbons (Fsp3) is 0. The van der Waals surface area contributed by atoms with Crippen LogP contribution in [0.3, 0.4) is 0 Å². The molecule has 0 fully saturated rings. The molecule has 0 saturated carbocycles. The lowest BCUT2D eigenvalue weighted by atomic mass is 9.95. The second-order valence-corrected chi connectivity index (χ2v) is 4.63. The molecule has 96 valence electrons. The third kappa shape index (κ3) is 1.82. The molecule has 3 aromatic carbocycles. The number of benzene rings is 3. The maximum atomic E-state index is 11.8. The average Bonchev–Trinajstić information content (AvgIpc) is 2.50. The van der Waals surface area contributed by atoms with Gasteiger partial charge in [0, 0.05) is 11.1 Å². The zero-order valence-electron chi connectivity index (χ0n) is 10.8. The predicted octanol–water partition coefficient (Wildman–Crippen LogP) is 4.17. The molecule has 0 amide bonds. The molecule has 0 saturated heterocycles. The van der Waals surface area contributed by atoms with E-state index < -0.39 is 0 Å². The molecule has 2 nitrogen and oxygen atoms in total. The number of carbonyl (C=O) groups is 2. The predicted molar refractivity (Wildman–Crippen MR) is 81.4 cm³/mol. The number of allylic oxidation sites excluding steroid dienone is 1. The minimum absolute atomic E-state index is 0.234. The van der Waals surface area contributed by atoms with Crippen LogP contribution >= 0.6 is 0 Å². The molecule has 0 aromatic heterocycles. The number of hydrogen-bond donors (Lipinski definition) is 0. The van der Waals surface area contributed by atoms with Gasteiger partial charge in [-0.3, -0.25) is 9.59 Å². The Morgan fingerprint density at radius 3 is 2.30 bits per heavy atom. The molecule has 0 N–H and O–H groups in total. The van der Waals surface area contributed by atoms with Gasteiger partial charge in [0.2, 0.25) is 0 Å². The van der Waals surface area contributed by atoms with Gasteiger partial charge in [0.05, 0.1) is 0 Å². The molecule has 20 heavy (non-hydrogen) atoms. The summed E-state index contributed by atoms with van der Waals surface area (Å²) < 4.78 is 0. The van der Waals surface area contributed by atoms with E-state index in [1.54, 1.807) is 6.07 Å². The average molecular weight is 260 g/mol. The summed E-state index contributed by atoms with van der Waals surface area (Å²) in [4.78, 5) is 23.2. The van der Waals surface area contributed by atoms with Crippen LogP contribution in [0.25, 0.3) is 21.5 Å². The molecule has 0 aliphatic heterocycles. The molecule has 0 radical (unpaired) electrons. The molecule has 0 atom stereocenters. The number of ketones is 1. The first-order valence-corrected chi connectivity index (χ1v) is 6.32. The Morgan fingerprint density at radius 2 is 1.65 bits per heavy atom. The summed E-state index contributed by atoms with van der Waals surface area (Å²) in [5.41, 5.74) is 0.830. The van der Waals surface area contributed by atoms with E-state index in [1.807, 2.05) is 42.5 Å². The molecule has 0 heterocycles. The van der Waals surface area contributed by atoms with Crippen molar-refractivity contribution in [1.29, 1.82) is 0 Å². The zero-order chi connectivity index (χ0) is 14.1. The summed E-state index contributed by atoms with van der Waals surface area (Å²) in [5.74, 6) is -0.234. The van der Waals surface area contributed by atoms with E-state index in [0.29, 0.717) is 11.1 Å². The highest BCUT2D eigenvalue weighted by atomic mass is 16.1. The SMILES string of the molecule is C=CC(=O)c1ccc2cc3ccccc3cc2c1C=O. The monoisotopic (exact) mass is 260 g/mol. The molecule has 0 spiro atoms. The van der Waals surface area contributed by atoms with Crippen molar-refractivity contribution in [3.8, 4) is 0 Å². The van der Waals surface area contributed by atoms with Crippen molar-refractivity contribution < 1.29 is 9.59 Å². The van der Waals surface area contributed by atoms with Crippen molar-refractivity contribution in [1.82, 2.24) is 0 Å². The van der Waals surface area contributed by atoms with E-state index in [-0.39, 0.29) is 5.78 Å². The van der Waals surface area contributed by atoms with E-state index in [9.17, 15) is 9.59 Å². The molecule has 2 heteroatoms. The second kappa shape index (κ2) is 4.74. The first-order chi connectivity index (χ1) is 9.74.